The minimum Gasteiger partial charge on any atom is -0.398 e. The second-order valence-electron chi connectivity index (χ2n) is 3.38. The predicted molar refractivity (Wildman–Crippen MR) is 50.8 cm³/mol. The van der Waals surface area contributed by atoms with Crippen LogP contribution in [0.1, 0.15) is 5.56 Å². The van der Waals surface area contributed by atoms with E-state index in [1.165, 1.54) is 0 Å². The fraction of sp³-hybridized carbons (Fsp3) is 0.333. The Morgan fingerprint density at radius 3 is 1.83 bits per heavy atom. The van der Waals surface area contributed by atoms with Crippen LogP contribution in [-0.2, 0) is 5.92 Å². The van der Waals surface area contributed by atoms with Gasteiger partial charge in [0.2, 0.25) is 0 Å². The monoisotopic (exact) mass is 295 g/mol. The molecule has 0 unspecified atom stereocenters. The van der Waals surface area contributed by atoms with Crippen LogP contribution in [0.2, 0.25) is 5.02 Å². The molecule has 0 aliphatic heterocycles. The zero-order valence-corrected chi connectivity index (χ0v) is 9.09. The largest absolute Gasteiger partial charge is 0.460 e. The maximum atomic E-state index is 13.2. The van der Waals surface area contributed by atoms with Gasteiger partial charge in [0.1, 0.15) is 0 Å². The van der Waals surface area contributed by atoms with Crippen LogP contribution in [-0.4, -0.2) is 12.1 Å². The van der Waals surface area contributed by atoms with Crippen molar-refractivity contribution in [2.45, 2.75) is 18.0 Å². The smallest absolute Gasteiger partial charge is 0.398 e. The zero-order valence-electron chi connectivity index (χ0n) is 8.33. The van der Waals surface area contributed by atoms with Crippen molar-refractivity contribution in [1.29, 1.82) is 0 Å². The molecule has 1 rings (SSSR count). The molecular formula is C9H5ClF7N. The Kier molecular flexibility index (Phi) is 3.46. The summed E-state index contributed by atoms with van der Waals surface area (Å²) in [6, 6.07) is 1.36. The normalized spacial score (nSPS) is 13.8. The third-order valence-electron chi connectivity index (χ3n) is 2.11. The molecule has 0 amide bonds. The molecule has 0 aliphatic carbocycles. The van der Waals surface area contributed by atoms with Crippen molar-refractivity contribution in [2.75, 3.05) is 5.73 Å². The standard InChI is InChI=1S/C9H5ClF7N/c10-5-3-4(1-2-6(5)18)7(11,12)8(13,14)9(15,16)17/h1-3H,18H2. The molecule has 18 heavy (non-hydrogen) atoms. The van der Waals surface area contributed by atoms with E-state index in [1.807, 2.05) is 0 Å². The summed E-state index contributed by atoms with van der Waals surface area (Å²) in [5.74, 6) is -11.7. The van der Waals surface area contributed by atoms with Crippen molar-refractivity contribution < 1.29 is 30.7 Å². The summed E-state index contributed by atoms with van der Waals surface area (Å²) in [4.78, 5) is 0. The van der Waals surface area contributed by atoms with Gasteiger partial charge in [-0.25, -0.2) is 0 Å². The van der Waals surface area contributed by atoms with Crippen LogP contribution < -0.4 is 5.73 Å². The summed E-state index contributed by atoms with van der Waals surface area (Å²) >= 11 is 5.30. The Labute approximate surface area is 101 Å². The molecule has 1 nitrogen and oxygen atoms in total. The lowest BCUT2D eigenvalue weighted by Gasteiger charge is -2.28. The fourth-order valence-corrected chi connectivity index (χ4v) is 1.26. The van der Waals surface area contributed by atoms with E-state index in [9.17, 15) is 30.7 Å². The van der Waals surface area contributed by atoms with E-state index in [1.54, 1.807) is 0 Å². The molecule has 0 fully saturated rings. The molecule has 0 aliphatic rings. The molecule has 0 saturated heterocycles. The van der Waals surface area contributed by atoms with Gasteiger partial charge in [0.25, 0.3) is 0 Å². The molecule has 1 aromatic rings. The van der Waals surface area contributed by atoms with Gasteiger partial charge in [-0.15, -0.1) is 0 Å². The Hall–Kier alpha value is -1.18. The maximum absolute atomic E-state index is 13.2. The minimum atomic E-state index is -6.38. The number of nitrogen functional groups attached to an aromatic ring is 1. The van der Waals surface area contributed by atoms with Crippen molar-refractivity contribution in [2.24, 2.45) is 0 Å². The number of alkyl halides is 7. The number of nitrogens with two attached hydrogens (primary N) is 1. The summed E-state index contributed by atoms with van der Waals surface area (Å²) in [5.41, 5.74) is 3.36. The number of hydrogen-bond donors (Lipinski definition) is 1. The van der Waals surface area contributed by atoms with Crippen LogP contribution in [0.3, 0.4) is 0 Å². The van der Waals surface area contributed by atoms with Crippen LogP contribution in [0.4, 0.5) is 36.4 Å². The number of benzene rings is 1. The first-order valence-corrected chi connectivity index (χ1v) is 4.67. The molecule has 0 saturated carbocycles. The Morgan fingerprint density at radius 1 is 0.944 bits per heavy atom. The molecule has 0 radical (unpaired) electrons. The number of rotatable bonds is 2. The number of anilines is 1. The summed E-state index contributed by atoms with van der Waals surface area (Å²) in [6.45, 7) is 0. The molecule has 9 heteroatoms. The average Bonchev–Trinajstić information content (AvgIpc) is 2.20. The quantitative estimate of drug-likeness (QED) is 0.642. The highest BCUT2D eigenvalue weighted by atomic mass is 35.5. The lowest BCUT2D eigenvalue weighted by molar-refractivity contribution is -0.359. The third kappa shape index (κ3) is 2.21. The highest BCUT2D eigenvalue weighted by Gasteiger charge is 2.73. The molecule has 0 spiro atoms. The van der Waals surface area contributed by atoms with E-state index in [0.717, 1.165) is 6.07 Å². The first-order valence-electron chi connectivity index (χ1n) is 4.29. The summed E-state index contributed by atoms with van der Waals surface area (Å²) in [6.07, 6.45) is -6.38. The van der Waals surface area contributed by atoms with Gasteiger partial charge in [-0.05, 0) is 12.1 Å². The van der Waals surface area contributed by atoms with Gasteiger partial charge in [-0.3, -0.25) is 0 Å². The Bertz CT molecular complexity index is 455. The second kappa shape index (κ2) is 4.18. The highest BCUT2D eigenvalue weighted by molar-refractivity contribution is 6.33. The van der Waals surface area contributed by atoms with E-state index in [-0.39, 0.29) is 11.8 Å². The van der Waals surface area contributed by atoms with Gasteiger partial charge in [-0.1, -0.05) is 17.7 Å². The maximum Gasteiger partial charge on any atom is 0.460 e. The van der Waals surface area contributed by atoms with E-state index < -0.39 is 28.6 Å². The predicted octanol–water partition coefficient (Wildman–Crippen LogP) is 4.21. The molecule has 102 valence electrons. The van der Waals surface area contributed by atoms with Gasteiger partial charge in [0.05, 0.1) is 10.7 Å². The summed E-state index contributed by atoms with van der Waals surface area (Å²) < 4.78 is 87.4. The van der Waals surface area contributed by atoms with Crippen LogP contribution >= 0.6 is 11.6 Å². The van der Waals surface area contributed by atoms with Crippen LogP contribution in [0, 0.1) is 0 Å². The van der Waals surface area contributed by atoms with Crippen molar-refractivity contribution in [3.8, 4) is 0 Å². The van der Waals surface area contributed by atoms with Gasteiger partial charge in [-0.2, -0.15) is 30.7 Å². The Morgan fingerprint density at radius 2 is 1.44 bits per heavy atom. The van der Waals surface area contributed by atoms with Crippen LogP contribution in [0.15, 0.2) is 18.2 Å². The molecule has 0 bridgehead atoms. The summed E-state index contributed by atoms with van der Waals surface area (Å²) in [7, 11) is 0. The number of hydrogen-bond acceptors (Lipinski definition) is 1. The van der Waals surface area contributed by atoms with Crippen molar-refractivity contribution in [3.63, 3.8) is 0 Å². The highest BCUT2D eigenvalue weighted by Crippen LogP contribution is 2.52. The molecule has 1 aromatic carbocycles. The zero-order chi connectivity index (χ0) is 14.4. The van der Waals surface area contributed by atoms with Crippen molar-refractivity contribution in [3.05, 3.63) is 28.8 Å². The van der Waals surface area contributed by atoms with Crippen LogP contribution in [0.25, 0.3) is 0 Å². The summed E-state index contributed by atoms with van der Waals surface area (Å²) in [5, 5.41) is -0.537. The lowest BCUT2D eigenvalue weighted by Crippen LogP contribution is -2.50. The molecule has 0 atom stereocenters. The van der Waals surface area contributed by atoms with Gasteiger partial charge in [0, 0.05) is 5.56 Å². The fourth-order valence-electron chi connectivity index (χ4n) is 1.08. The van der Waals surface area contributed by atoms with E-state index in [4.69, 9.17) is 17.3 Å². The minimum absolute atomic E-state index is 0.216. The molecule has 0 aromatic heterocycles. The molecule has 2 N–H and O–H groups in total. The lowest BCUT2D eigenvalue weighted by atomic mass is 10.0. The van der Waals surface area contributed by atoms with Crippen LogP contribution in [0.5, 0.6) is 0 Å². The van der Waals surface area contributed by atoms with Crippen molar-refractivity contribution in [1.82, 2.24) is 0 Å². The first kappa shape index (κ1) is 14.9. The van der Waals surface area contributed by atoms with Gasteiger partial charge >= 0.3 is 18.0 Å². The van der Waals surface area contributed by atoms with E-state index in [2.05, 4.69) is 0 Å². The van der Waals surface area contributed by atoms with E-state index in [0.29, 0.717) is 6.07 Å². The Balaban J connectivity index is 3.33. The van der Waals surface area contributed by atoms with E-state index >= 15 is 0 Å². The average molecular weight is 296 g/mol. The molecular weight excluding hydrogens is 291 g/mol. The molecule has 0 heterocycles. The van der Waals surface area contributed by atoms with Crippen molar-refractivity contribution >= 4 is 17.3 Å². The van der Waals surface area contributed by atoms with Gasteiger partial charge < -0.3 is 5.73 Å². The topological polar surface area (TPSA) is 26.0 Å². The number of halogens is 8. The van der Waals surface area contributed by atoms with Gasteiger partial charge in [0.15, 0.2) is 0 Å². The SMILES string of the molecule is Nc1ccc(C(F)(F)C(F)(F)C(F)(F)F)cc1Cl. The third-order valence-corrected chi connectivity index (χ3v) is 2.44. The second-order valence-corrected chi connectivity index (χ2v) is 3.79. The first-order chi connectivity index (χ1) is 7.91.